The zero-order chi connectivity index (χ0) is 13.5. The number of halogens is 2. The lowest BCUT2D eigenvalue weighted by molar-refractivity contribution is -0.134. The van der Waals surface area contributed by atoms with Gasteiger partial charge in [-0.15, -0.1) is 0 Å². The van der Waals surface area contributed by atoms with Crippen LogP contribution in [0.15, 0.2) is 23.3 Å². The Bertz CT molecular complexity index is 547. The van der Waals surface area contributed by atoms with E-state index in [0.717, 1.165) is 5.01 Å². The molecule has 0 aromatic heterocycles. The predicted octanol–water partition coefficient (Wildman–Crippen LogP) is 1.91. The smallest absolute Gasteiger partial charge is 0.270 e. The van der Waals surface area contributed by atoms with Crippen LogP contribution in [-0.4, -0.2) is 34.4 Å². The highest BCUT2D eigenvalue weighted by Crippen LogP contribution is 2.31. The molecule has 1 aromatic rings. The van der Waals surface area contributed by atoms with Gasteiger partial charge in [0.2, 0.25) is 0 Å². The Hall–Kier alpha value is -1.14. The summed E-state index contributed by atoms with van der Waals surface area (Å²) in [6.07, 6.45) is 0. The molecule has 2 rings (SSSR count). The lowest BCUT2D eigenvalue weighted by Crippen LogP contribution is -2.53. The fourth-order valence-corrected chi connectivity index (χ4v) is 2.22. The van der Waals surface area contributed by atoms with Gasteiger partial charge in [0.05, 0.1) is 10.0 Å². The van der Waals surface area contributed by atoms with Gasteiger partial charge < -0.3 is 5.21 Å². The Morgan fingerprint density at radius 2 is 2.11 bits per heavy atom. The van der Waals surface area contributed by atoms with Crippen LogP contribution in [-0.2, 0) is 4.79 Å². The van der Waals surface area contributed by atoms with Crippen LogP contribution in [0.5, 0.6) is 0 Å². The minimum atomic E-state index is -1.33. The molecule has 1 aromatic carbocycles. The number of carbonyl (C=O) groups excluding carboxylic acids is 1. The molecule has 1 heterocycles. The van der Waals surface area contributed by atoms with Crippen molar-refractivity contribution in [1.82, 2.24) is 10.5 Å². The molecule has 7 heteroatoms. The topological polar surface area (TPSA) is 64.9 Å². The molecular formula is C11H11Cl2N3O2. The summed E-state index contributed by atoms with van der Waals surface area (Å²) in [5, 5.41) is 15.2. The molecule has 5 nitrogen and oxygen atoms in total. The van der Waals surface area contributed by atoms with E-state index in [0.29, 0.717) is 21.3 Å². The maximum absolute atomic E-state index is 12.0. The lowest BCUT2D eigenvalue weighted by atomic mass is 9.91. The molecule has 0 radical (unpaired) electrons. The van der Waals surface area contributed by atoms with E-state index in [9.17, 15) is 10.0 Å². The van der Waals surface area contributed by atoms with Crippen LogP contribution in [0.4, 0.5) is 0 Å². The van der Waals surface area contributed by atoms with Gasteiger partial charge in [-0.25, -0.2) is 5.01 Å². The van der Waals surface area contributed by atoms with Gasteiger partial charge in [-0.05, 0) is 13.0 Å². The second-order valence-corrected chi connectivity index (χ2v) is 4.90. The van der Waals surface area contributed by atoms with Gasteiger partial charge in [0.15, 0.2) is 5.54 Å². The average Bonchev–Trinajstić information content (AvgIpc) is 2.58. The Balaban J connectivity index is 2.60. The van der Waals surface area contributed by atoms with Gasteiger partial charge in [0.1, 0.15) is 5.71 Å². The third kappa shape index (κ3) is 1.80. The van der Waals surface area contributed by atoms with Crippen molar-refractivity contribution in [3.63, 3.8) is 0 Å². The highest BCUT2D eigenvalue weighted by molar-refractivity contribution is 6.45. The number of hydrogen-bond donors (Lipinski definition) is 2. The molecular weight excluding hydrogens is 277 g/mol. The number of rotatable bonds is 2. The number of benzene rings is 1. The molecule has 0 spiro atoms. The number of hydrogen-bond acceptors (Lipinski definition) is 4. The molecule has 1 atom stereocenters. The number of nitrogens with zero attached hydrogens (tertiary/aromatic N) is 2. The van der Waals surface area contributed by atoms with E-state index in [1.54, 1.807) is 18.2 Å². The second-order valence-electron chi connectivity index (χ2n) is 4.12. The third-order valence-corrected chi connectivity index (χ3v) is 3.69. The molecule has 18 heavy (non-hydrogen) atoms. The summed E-state index contributed by atoms with van der Waals surface area (Å²) in [5.41, 5.74) is 1.49. The number of carbonyl (C=O) groups is 1. The van der Waals surface area contributed by atoms with Gasteiger partial charge in [-0.1, -0.05) is 35.3 Å². The Morgan fingerprint density at radius 3 is 2.72 bits per heavy atom. The highest BCUT2D eigenvalue weighted by Gasteiger charge is 2.47. The minimum Gasteiger partial charge on any atom is -0.315 e. The second kappa shape index (κ2) is 4.51. The highest BCUT2D eigenvalue weighted by atomic mass is 35.5. The number of nitrogens with one attached hydrogen (secondary N) is 1. The maximum Gasteiger partial charge on any atom is 0.270 e. The van der Waals surface area contributed by atoms with E-state index in [1.807, 2.05) is 5.48 Å². The molecule has 0 bridgehead atoms. The Kier molecular flexibility index (Phi) is 3.33. The molecule has 1 unspecified atom stereocenters. The van der Waals surface area contributed by atoms with Crippen LogP contribution in [0.2, 0.25) is 10.0 Å². The Morgan fingerprint density at radius 1 is 1.44 bits per heavy atom. The number of likely N-dealkylation sites (N-methyl/N-ethyl adjacent to an activating group) is 1. The standard InChI is InChI=1S/C11H11Cl2N3O2/c1-11(15-18)9(14-16(2)10(11)17)6-4-3-5-7(12)8(6)13/h3-5,15,18H,1-2H3. The lowest BCUT2D eigenvalue weighted by Gasteiger charge is -2.22. The van der Waals surface area contributed by atoms with Gasteiger partial charge in [0, 0.05) is 12.6 Å². The zero-order valence-corrected chi connectivity index (χ0v) is 11.2. The van der Waals surface area contributed by atoms with E-state index in [1.165, 1.54) is 14.0 Å². The van der Waals surface area contributed by atoms with E-state index in [2.05, 4.69) is 5.10 Å². The molecule has 0 saturated heterocycles. The van der Waals surface area contributed by atoms with Crippen molar-refractivity contribution in [2.75, 3.05) is 7.05 Å². The van der Waals surface area contributed by atoms with Gasteiger partial charge >= 0.3 is 0 Å². The van der Waals surface area contributed by atoms with Gasteiger partial charge in [-0.2, -0.15) is 10.6 Å². The average molecular weight is 288 g/mol. The molecule has 1 amide bonds. The third-order valence-electron chi connectivity index (χ3n) is 2.88. The fourth-order valence-electron chi connectivity index (χ4n) is 1.83. The number of hydroxylamine groups is 1. The van der Waals surface area contributed by atoms with E-state index < -0.39 is 5.54 Å². The molecule has 0 aliphatic carbocycles. The summed E-state index contributed by atoms with van der Waals surface area (Å²) in [6, 6.07) is 5.03. The fraction of sp³-hybridized carbons (Fsp3) is 0.273. The molecule has 1 aliphatic heterocycles. The van der Waals surface area contributed by atoms with Crippen LogP contribution in [0, 0.1) is 0 Å². The van der Waals surface area contributed by atoms with Crippen molar-refractivity contribution >= 4 is 34.8 Å². The summed E-state index contributed by atoms with van der Waals surface area (Å²) in [4.78, 5) is 12.0. The molecule has 2 N–H and O–H groups in total. The molecule has 0 fully saturated rings. The first-order valence-corrected chi connectivity index (χ1v) is 5.90. The van der Waals surface area contributed by atoms with Crippen molar-refractivity contribution in [3.8, 4) is 0 Å². The quantitative estimate of drug-likeness (QED) is 0.817. The van der Waals surface area contributed by atoms with Crippen molar-refractivity contribution in [2.45, 2.75) is 12.5 Å². The van der Waals surface area contributed by atoms with E-state index >= 15 is 0 Å². The van der Waals surface area contributed by atoms with E-state index in [4.69, 9.17) is 23.2 Å². The van der Waals surface area contributed by atoms with Gasteiger partial charge in [0.25, 0.3) is 5.91 Å². The SMILES string of the molecule is CN1N=C(c2cccc(Cl)c2Cl)C(C)(NO)C1=O. The molecule has 0 saturated carbocycles. The summed E-state index contributed by atoms with van der Waals surface area (Å²) in [5.74, 6) is -0.379. The van der Waals surface area contributed by atoms with Crippen LogP contribution in [0.1, 0.15) is 12.5 Å². The number of amides is 1. The summed E-state index contributed by atoms with van der Waals surface area (Å²) in [6.45, 7) is 1.52. The zero-order valence-electron chi connectivity index (χ0n) is 9.74. The van der Waals surface area contributed by atoms with E-state index in [-0.39, 0.29) is 5.91 Å². The summed E-state index contributed by atoms with van der Waals surface area (Å²) in [7, 11) is 1.50. The van der Waals surface area contributed by atoms with Crippen molar-refractivity contribution in [1.29, 1.82) is 0 Å². The molecule has 96 valence electrons. The Labute approximate surface area is 114 Å². The van der Waals surface area contributed by atoms with Crippen LogP contribution >= 0.6 is 23.2 Å². The van der Waals surface area contributed by atoms with Crippen molar-refractivity contribution in [3.05, 3.63) is 33.8 Å². The number of hydrazone groups is 1. The maximum atomic E-state index is 12.0. The van der Waals surface area contributed by atoms with Crippen LogP contribution < -0.4 is 5.48 Å². The predicted molar refractivity (Wildman–Crippen MR) is 69.1 cm³/mol. The summed E-state index contributed by atoms with van der Waals surface area (Å²) < 4.78 is 0. The monoisotopic (exact) mass is 287 g/mol. The minimum absolute atomic E-state index is 0.294. The normalized spacial score (nSPS) is 23.5. The summed E-state index contributed by atoms with van der Waals surface area (Å²) >= 11 is 12.0. The van der Waals surface area contributed by atoms with Crippen molar-refractivity contribution in [2.24, 2.45) is 5.10 Å². The van der Waals surface area contributed by atoms with Crippen LogP contribution in [0.25, 0.3) is 0 Å². The van der Waals surface area contributed by atoms with Gasteiger partial charge in [-0.3, -0.25) is 4.79 Å². The largest absolute Gasteiger partial charge is 0.315 e. The van der Waals surface area contributed by atoms with Crippen molar-refractivity contribution < 1.29 is 10.0 Å². The first kappa shape index (κ1) is 13.3. The first-order chi connectivity index (χ1) is 8.41. The van der Waals surface area contributed by atoms with Crippen LogP contribution in [0.3, 0.4) is 0 Å². The first-order valence-electron chi connectivity index (χ1n) is 5.14. The molecule has 1 aliphatic rings.